The Bertz CT molecular complexity index is 425. The van der Waals surface area contributed by atoms with E-state index in [0.717, 1.165) is 4.88 Å². The predicted molar refractivity (Wildman–Crippen MR) is 72.4 cm³/mol. The van der Waals surface area contributed by atoms with Gasteiger partial charge in [-0.3, -0.25) is 4.79 Å². The van der Waals surface area contributed by atoms with E-state index in [0.29, 0.717) is 6.42 Å². The Morgan fingerprint density at radius 3 is 2.78 bits per heavy atom. The molecule has 1 aromatic rings. The van der Waals surface area contributed by atoms with Crippen molar-refractivity contribution in [3.8, 4) is 0 Å². The number of carboxylic acids is 1. The van der Waals surface area contributed by atoms with Crippen LogP contribution in [0.15, 0.2) is 23.6 Å². The van der Waals surface area contributed by atoms with E-state index in [1.165, 1.54) is 17.4 Å². The molecule has 0 fully saturated rings. The largest absolute Gasteiger partial charge is 0.480 e. The minimum Gasteiger partial charge on any atom is -0.480 e. The van der Waals surface area contributed by atoms with Gasteiger partial charge in [0, 0.05) is 11.0 Å². The van der Waals surface area contributed by atoms with Crippen molar-refractivity contribution in [2.24, 2.45) is 5.92 Å². The smallest absolute Gasteiger partial charge is 0.326 e. The van der Waals surface area contributed by atoms with Crippen LogP contribution in [-0.2, 0) is 9.59 Å². The normalized spacial score (nSPS) is 14.3. The summed E-state index contributed by atoms with van der Waals surface area (Å²) in [5.74, 6) is -1.47. The van der Waals surface area contributed by atoms with Gasteiger partial charge in [-0.2, -0.15) is 0 Å². The van der Waals surface area contributed by atoms with Gasteiger partial charge in [-0.05, 0) is 23.4 Å². The van der Waals surface area contributed by atoms with Gasteiger partial charge in [0.05, 0.1) is 0 Å². The first-order valence-electron chi connectivity index (χ1n) is 5.79. The number of carbonyl (C=O) groups is 2. The topological polar surface area (TPSA) is 66.4 Å². The van der Waals surface area contributed by atoms with Gasteiger partial charge in [0.1, 0.15) is 6.04 Å². The summed E-state index contributed by atoms with van der Waals surface area (Å²) < 4.78 is 0. The molecular formula is C13H17NO3S. The Morgan fingerprint density at radius 2 is 2.28 bits per heavy atom. The Kier molecular flexibility index (Phi) is 5.58. The van der Waals surface area contributed by atoms with Crippen LogP contribution < -0.4 is 5.32 Å². The molecule has 0 aliphatic heterocycles. The third-order valence-corrected chi connectivity index (χ3v) is 3.56. The van der Waals surface area contributed by atoms with E-state index < -0.39 is 12.0 Å². The fourth-order valence-corrected chi connectivity index (χ4v) is 2.05. The van der Waals surface area contributed by atoms with Gasteiger partial charge in [-0.25, -0.2) is 4.79 Å². The van der Waals surface area contributed by atoms with Gasteiger partial charge in [-0.1, -0.05) is 26.3 Å². The molecule has 0 aliphatic carbocycles. The summed E-state index contributed by atoms with van der Waals surface area (Å²) in [4.78, 5) is 23.6. The summed E-state index contributed by atoms with van der Waals surface area (Å²) in [6.07, 6.45) is 3.74. The lowest BCUT2D eigenvalue weighted by Crippen LogP contribution is -2.44. The van der Waals surface area contributed by atoms with Gasteiger partial charge in [0.15, 0.2) is 0 Å². The van der Waals surface area contributed by atoms with Crippen LogP contribution in [0.4, 0.5) is 0 Å². The van der Waals surface area contributed by atoms with E-state index in [4.69, 9.17) is 5.11 Å². The molecular weight excluding hydrogens is 250 g/mol. The van der Waals surface area contributed by atoms with Crippen molar-refractivity contribution in [3.05, 3.63) is 28.5 Å². The molecule has 1 aromatic heterocycles. The summed E-state index contributed by atoms with van der Waals surface area (Å²) in [6, 6.07) is 2.94. The highest BCUT2D eigenvalue weighted by molar-refractivity contribution is 7.10. The van der Waals surface area contributed by atoms with Crippen LogP contribution in [0.5, 0.6) is 0 Å². The lowest BCUT2D eigenvalue weighted by molar-refractivity contribution is -0.142. The zero-order valence-electron chi connectivity index (χ0n) is 10.4. The first-order chi connectivity index (χ1) is 8.54. The van der Waals surface area contributed by atoms with Crippen molar-refractivity contribution >= 4 is 29.3 Å². The second-order valence-electron chi connectivity index (χ2n) is 4.06. The fourth-order valence-electron chi connectivity index (χ4n) is 1.43. The van der Waals surface area contributed by atoms with Crippen molar-refractivity contribution in [1.29, 1.82) is 0 Å². The van der Waals surface area contributed by atoms with Crippen molar-refractivity contribution in [3.63, 3.8) is 0 Å². The van der Waals surface area contributed by atoms with Crippen LogP contribution in [0.3, 0.4) is 0 Å². The fraction of sp³-hybridized carbons (Fsp3) is 0.385. The summed E-state index contributed by atoms with van der Waals surface area (Å²) in [5, 5.41) is 13.5. The Labute approximate surface area is 110 Å². The lowest BCUT2D eigenvalue weighted by Gasteiger charge is -2.19. The molecule has 0 radical (unpaired) electrons. The van der Waals surface area contributed by atoms with Crippen molar-refractivity contribution in [2.75, 3.05) is 0 Å². The molecule has 0 aliphatic rings. The molecule has 0 saturated carbocycles. The first kappa shape index (κ1) is 14.4. The maximum absolute atomic E-state index is 11.6. The highest BCUT2D eigenvalue weighted by atomic mass is 32.1. The second kappa shape index (κ2) is 6.96. The number of carbonyl (C=O) groups excluding carboxylic acids is 1. The number of carboxylic acid groups (broad SMARTS) is 1. The number of aliphatic carboxylic acids is 1. The molecule has 0 spiro atoms. The molecule has 1 heterocycles. The molecule has 2 N–H and O–H groups in total. The minimum absolute atomic E-state index is 0.0958. The highest BCUT2D eigenvalue weighted by Gasteiger charge is 2.24. The summed E-state index contributed by atoms with van der Waals surface area (Å²) in [7, 11) is 0. The van der Waals surface area contributed by atoms with Gasteiger partial charge in [-0.15, -0.1) is 11.3 Å². The molecule has 0 bridgehead atoms. The Morgan fingerprint density at radius 1 is 1.56 bits per heavy atom. The number of hydrogen-bond acceptors (Lipinski definition) is 3. The van der Waals surface area contributed by atoms with E-state index in [-0.39, 0.29) is 11.8 Å². The van der Waals surface area contributed by atoms with E-state index in [9.17, 15) is 9.59 Å². The minimum atomic E-state index is -0.998. The molecule has 98 valence electrons. The maximum Gasteiger partial charge on any atom is 0.326 e. The molecule has 0 saturated heterocycles. The molecule has 1 unspecified atom stereocenters. The zero-order valence-corrected chi connectivity index (χ0v) is 11.2. The predicted octanol–water partition coefficient (Wildman–Crippen LogP) is 2.38. The van der Waals surface area contributed by atoms with Crippen LogP contribution in [-0.4, -0.2) is 23.0 Å². The Balaban J connectivity index is 2.59. The molecule has 4 nitrogen and oxygen atoms in total. The third kappa shape index (κ3) is 4.33. The van der Waals surface area contributed by atoms with Crippen LogP contribution in [0, 0.1) is 5.92 Å². The van der Waals surface area contributed by atoms with E-state index in [2.05, 4.69) is 5.32 Å². The van der Waals surface area contributed by atoms with Gasteiger partial charge < -0.3 is 10.4 Å². The number of amides is 1. The van der Waals surface area contributed by atoms with Gasteiger partial charge in [0.25, 0.3) is 0 Å². The number of thiophene rings is 1. The van der Waals surface area contributed by atoms with Crippen molar-refractivity contribution in [2.45, 2.75) is 26.3 Å². The maximum atomic E-state index is 11.6. The molecule has 18 heavy (non-hydrogen) atoms. The van der Waals surface area contributed by atoms with E-state index in [1.54, 1.807) is 6.08 Å². The Hall–Kier alpha value is -1.62. The molecule has 1 rings (SSSR count). The summed E-state index contributed by atoms with van der Waals surface area (Å²) >= 11 is 1.52. The van der Waals surface area contributed by atoms with Crippen LogP contribution in [0.1, 0.15) is 25.1 Å². The number of nitrogens with one attached hydrogen (secondary N) is 1. The van der Waals surface area contributed by atoms with E-state index >= 15 is 0 Å². The molecule has 2 atom stereocenters. The van der Waals surface area contributed by atoms with Crippen LogP contribution in [0.25, 0.3) is 6.08 Å². The lowest BCUT2D eigenvalue weighted by atomic mass is 9.99. The number of rotatable bonds is 6. The second-order valence-corrected chi connectivity index (χ2v) is 5.04. The quantitative estimate of drug-likeness (QED) is 0.778. The molecule has 1 amide bonds. The van der Waals surface area contributed by atoms with Crippen LogP contribution >= 0.6 is 11.3 Å². The van der Waals surface area contributed by atoms with Gasteiger partial charge >= 0.3 is 5.97 Å². The van der Waals surface area contributed by atoms with E-state index in [1.807, 2.05) is 31.4 Å². The zero-order chi connectivity index (χ0) is 13.5. The summed E-state index contributed by atoms with van der Waals surface area (Å²) in [5.41, 5.74) is 0. The average molecular weight is 267 g/mol. The number of hydrogen-bond donors (Lipinski definition) is 2. The monoisotopic (exact) mass is 267 g/mol. The van der Waals surface area contributed by atoms with Crippen molar-refractivity contribution in [1.82, 2.24) is 5.32 Å². The first-order valence-corrected chi connectivity index (χ1v) is 6.67. The molecule has 0 aromatic carbocycles. The third-order valence-electron chi connectivity index (χ3n) is 2.72. The van der Waals surface area contributed by atoms with Gasteiger partial charge in [0.2, 0.25) is 5.91 Å². The van der Waals surface area contributed by atoms with Crippen LogP contribution in [0.2, 0.25) is 0 Å². The molecule has 5 heteroatoms. The summed E-state index contributed by atoms with van der Waals surface area (Å²) in [6.45, 7) is 3.70. The standard InChI is InChI=1S/C13H17NO3S/c1-3-9(2)12(13(16)17)14-11(15)7-6-10-5-4-8-18-10/h4-9,12H,3H2,1-2H3,(H,14,15)(H,16,17)/t9?,12-/m0/s1. The SMILES string of the molecule is CCC(C)[C@H](NC(=O)C=Cc1cccs1)C(=O)O. The highest BCUT2D eigenvalue weighted by Crippen LogP contribution is 2.11. The average Bonchev–Trinajstić information content (AvgIpc) is 2.85. The van der Waals surface area contributed by atoms with Crippen molar-refractivity contribution < 1.29 is 14.7 Å².